The number of hydrogen-bond acceptors (Lipinski definition) is 5. The lowest BCUT2D eigenvalue weighted by molar-refractivity contribution is -0.192. The van der Waals surface area contributed by atoms with Crippen molar-refractivity contribution in [2.24, 2.45) is 5.73 Å². The third-order valence-corrected chi connectivity index (χ3v) is 5.16. The van der Waals surface area contributed by atoms with Gasteiger partial charge in [-0.25, -0.2) is 9.48 Å². The Morgan fingerprint density at radius 3 is 2.35 bits per heavy atom. The van der Waals surface area contributed by atoms with E-state index in [9.17, 15) is 18.0 Å². The number of alkyl halides is 3. The number of carbonyl (C=O) groups excluding carboxylic acids is 1. The minimum Gasteiger partial charge on any atom is -0.475 e. The lowest BCUT2D eigenvalue weighted by Crippen LogP contribution is -2.31. The number of aliphatic carboxylic acids is 1. The van der Waals surface area contributed by atoms with Crippen LogP contribution in [0.5, 0.6) is 0 Å². The Hall–Kier alpha value is -3.73. The maximum absolute atomic E-state index is 12.5. The van der Waals surface area contributed by atoms with Crippen LogP contribution in [-0.2, 0) is 4.79 Å². The summed E-state index contributed by atoms with van der Waals surface area (Å²) in [7, 11) is 0. The fraction of sp³-hybridized carbons (Fsp3) is 0.304. The summed E-state index contributed by atoms with van der Waals surface area (Å²) in [5.74, 6) is -2.76. The number of carboxylic acids is 1. The topological polar surface area (TPSA) is 114 Å². The van der Waals surface area contributed by atoms with Crippen molar-refractivity contribution in [3.05, 3.63) is 65.6 Å². The average molecular weight is 475 g/mol. The second-order valence-corrected chi connectivity index (χ2v) is 7.92. The first-order valence-corrected chi connectivity index (χ1v) is 10.4. The van der Waals surface area contributed by atoms with E-state index in [2.05, 4.69) is 22.2 Å². The van der Waals surface area contributed by atoms with Crippen molar-refractivity contribution in [1.82, 2.24) is 19.7 Å². The molecule has 1 aliphatic heterocycles. The fourth-order valence-electron chi connectivity index (χ4n) is 3.53. The number of aryl methyl sites for hydroxylation is 2. The Kier molecular flexibility index (Phi) is 7.35. The number of hydrogen-bond donors (Lipinski definition) is 2. The lowest BCUT2D eigenvalue weighted by atomic mass is 10.1. The molecule has 0 bridgehead atoms. The van der Waals surface area contributed by atoms with Gasteiger partial charge in [0, 0.05) is 36.6 Å². The fourth-order valence-corrected chi connectivity index (χ4v) is 3.53. The highest BCUT2D eigenvalue weighted by molar-refractivity contribution is 5.94. The van der Waals surface area contributed by atoms with Crippen LogP contribution in [0.3, 0.4) is 0 Å². The van der Waals surface area contributed by atoms with Gasteiger partial charge in [-0.05, 0) is 50.6 Å². The van der Waals surface area contributed by atoms with Crippen LogP contribution in [-0.4, -0.2) is 62.0 Å². The van der Waals surface area contributed by atoms with E-state index in [1.54, 1.807) is 11.1 Å². The van der Waals surface area contributed by atoms with Crippen LogP contribution < -0.4 is 5.73 Å². The van der Waals surface area contributed by atoms with Gasteiger partial charge in [0.1, 0.15) is 0 Å². The molecule has 3 aromatic rings. The first-order chi connectivity index (χ1) is 16.0. The number of rotatable bonds is 3. The minimum absolute atomic E-state index is 0.00149. The van der Waals surface area contributed by atoms with Gasteiger partial charge in [0.2, 0.25) is 0 Å². The van der Waals surface area contributed by atoms with Crippen LogP contribution in [0.2, 0.25) is 0 Å². The van der Waals surface area contributed by atoms with E-state index in [0.717, 1.165) is 34.8 Å². The zero-order chi connectivity index (χ0) is 25.0. The summed E-state index contributed by atoms with van der Waals surface area (Å²) >= 11 is 0. The Morgan fingerprint density at radius 2 is 1.85 bits per heavy atom. The molecular weight excluding hydrogens is 451 g/mol. The van der Waals surface area contributed by atoms with Crippen molar-refractivity contribution in [1.29, 1.82) is 0 Å². The first kappa shape index (κ1) is 24.9. The molecule has 3 heterocycles. The van der Waals surface area contributed by atoms with Crippen LogP contribution >= 0.6 is 0 Å². The second-order valence-electron chi connectivity index (χ2n) is 7.92. The van der Waals surface area contributed by atoms with Crippen LogP contribution in [0, 0.1) is 13.8 Å². The molecule has 3 N–H and O–H groups in total. The summed E-state index contributed by atoms with van der Waals surface area (Å²) in [6.07, 6.45) is -2.58. The molecule has 8 nitrogen and oxygen atoms in total. The van der Waals surface area contributed by atoms with Crippen molar-refractivity contribution in [2.75, 3.05) is 13.1 Å². The van der Waals surface area contributed by atoms with E-state index < -0.39 is 12.1 Å². The molecule has 2 aromatic heterocycles. The number of halogens is 3. The number of benzene rings is 1. The number of carbonyl (C=O) groups is 2. The molecule has 1 atom stereocenters. The van der Waals surface area contributed by atoms with Gasteiger partial charge in [-0.1, -0.05) is 12.1 Å². The Bertz CT molecular complexity index is 1180. The summed E-state index contributed by atoms with van der Waals surface area (Å²) in [5.41, 5.74) is 11.4. The molecule has 0 spiro atoms. The number of amides is 1. The van der Waals surface area contributed by atoms with Crippen molar-refractivity contribution in [3.8, 4) is 16.9 Å². The van der Waals surface area contributed by atoms with Gasteiger partial charge in [-0.15, -0.1) is 0 Å². The predicted molar refractivity (Wildman–Crippen MR) is 118 cm³/mol. The molecule has 1 unspecified atom stereocenters. The first-order valence-electron chi connectivity index (χ1n) is 10.4. The predicted octanol–water partition coefficient (Wildman–Crippen LogP) is 3.36. The molecule has 1 amide bonds. The second kappa shape index (κ2) is 10.0. The number of carboxylic acid groups (broad SMARTS) is 1. The normalized spacial score (nSPS) is 15.6. The summed E-state index contributed by atoms with van der Waals surface area (Å²) in [6.45, 7) is 5.35. The van der Waals surface area contributed by atoms with Crippen molar-refractivity contribution < 1.29 is 27.9 Å². The average Bonchev–Trinajstić information content (AvgIpc) is 3.37. The van der Waals surface area contributed by atoms with Crippen LogP contribution in [0.15, 0.2) is 48.7 Å². The van der Waals surface area contributed by atoms with E-state index in [-0.39, 0.29) is 11.9 Å². The quantitative estimate of drug-likeness (QED) is 0.601. The van der Waals surface area contributed by atoms with Crippen LogP contribution in [0.25, 0.3) is 16.9 Å². The highest BCUT2D eigenvalue weighted by atomic mass is 19.4. The van der Waals surface area contributed by atoms with E-state index >= 15 is 0 Å². The van der Waals surface area contributed by atoms with Crippen LogP contribution in [0.1, 0.15) is 28.2 Å². The van der Waals surface area contributed by atoms with Gasteiger partial charge in [-0.2, -0.15) is 18.3 Å². The summed E-state index contributed by atoms with van der Waals surface area (Å²) in [4.78, 5) is 27.7. The van der Waals surface area contributed by atoms with Gasteiger partial charge in [0.05, 0.1) is 22.6 Å². The maximum atomic E-state index is 12.5. The standard InChI is InChI=1S/C21H23N5O.C2HF3O2/c1-14-10-15(2)26(24-14)19-5-3-4-16(11-19)20-7-6-17(12-23-20)21(27)25-9-8-18(22)13-25;3-2(4,5)1(6)7/h3-7,10-12,18H,8-9,13,22H2,1-2H3;(H,6,7). The molecule has 11 heteroatoms. The Morgan fingerprint density at radius 1 is 1.15 bits per heavy atom. The Balaban J connectivity index is 0.000000406. The SMILES string of the molecule is Cc1cc(C)n(-c2cccc(-c3ccc(C(=O)N4CCC(N)C4)cn3)c2)n1.O=C(O)C(F)(F)F. The highest BCUT2D eigenvalue weighted by Crippen LogP contribution is 2.22. The molecule has 1 aliphatic rings. The minimum atomic E-state index is -5.08. The van der Waals surface area contributed by atoms with E-state index in [1.165, 1.54) is 0 Å². The van der Waals surface area contributed by atoms with Gasteiger partial charge < -0.3 is 15.7 Å². The molecule has 1 fully saturated rings. The third-order valence-electron chi connectivity index (χ3n) is 5.16. The molecule has 34 heavy (non-hydrogen) atoms. The molecule has 0 saturated carbocycles. The van der Waals surface area contributed by atoms with E-state index in [1.807, 2.05) is 48.9 Å². The molecule has 1 aromatic carbocycles. The summed E-state index contributed by atoms with van der Waals surface area (Å²) in [6, 6.07) is 14.0. The molecule has 1 saturated heterocycles. The number of pyridine rings is 1. The monoisotopic (exact) mass is 475 g/mol. The lowest BCUT2D eigenvalue weighted by Gasteiger charge is -2.15. The summed E-state index contributed by atoms with van der Waals surface area (Å²) < 4.78 is 33.7. The van der Waals surface area contributed by atoms with E-state index in [0.29, 0.717) is 18.7 Å². The van der Waals surface area contributed by atoms with E-state index in [4.69, 9.17) is 15.6 Å². The number of aromatic nitrogens is 3. The molecule has 4 rings (SSSR count). The number of nitrogens with zero attached hydrogens (tertiary/aromatic N) is 4. The van der Waals surface area contributed by atoms with Crippen molar-refractivity contribution in [2.45, 2.75) is 32.5 Å². The smallest absolute Gasteiger partial charge is 0.475 e. The van der Waals surface area contributed by atoms with Gasteiger partial charge in [-0.3, -0.25) is 9.78 Å². The Labute approximate surface area is 193 Å². The zero-order valence-corrected chi connectivity index (χ0v) is 18.6. The van der Waals surface area contributed by atoms with Crippen molar-refractivity contribution in [3.63, 3.8) is 0 Å². The number of likely N-dealkylation sites (tertiary alicyclic amines) is 1. The van der Waals surface area contributed by atoms with Crippen LogP contribution in [0.4, 0.5) is 13.2 Å². The summed E-state index contributed by atoms with van der Waals surface area (Å²) in [5, 5.41) is 11.7. The molecule has 0 aliphatic carbocycles. The van der Waals surface area contributed by atoms with Gasteiger partial charge >= 0.3 is 12.1 Å². The van der Waals surface area contributed by atoms with Crippen molar-refractivity contribution >= 4 is 11.9 Å². The van der Waals surface area contributed by atoms with Gasteiger partial charge in [0.25, 0.3) is 5.91 Å². The molecule has 0 radical (unpaired) electrons. The largest absolute Gasteiger partial charge is 0.490 e. The molecule has 180 valence electrons. The zero-order valence-electron chi connectivity index (χ0n) is 18.6. The molecular formula is C23H24F3N5O3. The number of nitrogens with two attached hydrogens (primary N) is 1. The van der Waals surface area contributed by atoms with Gasteiger partial charge in [0.15, 0.2) is 0 Å². The maximum Gasteiger partial charge on any atom is 0.490 e. The third kappa shape index (κ3) is 5.98. The highest BCUT2D eigenvalue weighted by Gasteiger charge is 2.38.